The van der Waals surface area contributed by atoms with Crippen LogP contribution in [0.15, 0.2) is 48.8 Å². The molecule has 3 heterocycles. The summed E-state index contributed by atoms with van der Waals surface area (Å²) < 4.78 is 15.9. The second-order valence-electron chi connectivity index (χ2n) is 6.65. The number of carbonyl (C=O) groups excluding carboxylic acids is 1. The maximum Gasteiger partial charge on any atom is 0.228 e. The Kier molecular flexibility index (Phi) is 4.32. The van der Waals surface area contributed by atoms with Crippen LogP contribution in [0.25, 0.3) is 5.65 Å². The molecular weight excluding hydrogens is 331 g/mol. The highest BCUT2D eigenvalue weighted by Gasteiger charge is 2.23. The molecule has 6 heteroatoms. The summed E-state index contributed by atoms with van der Waals surface area (Å²) >= 11 is 0. The van der Waals surface area contributed by atoms with E-state index in [1.807, 2.05) is 51.7 Å². The van der Waals surface area contributed by atoms with Gasteiger partial charge in [0.05, 0.1) is 17.8 Å². The van der Waals surface area contributed by atoms with Crippen molar-refractivity contribution in [3.8, 4) is 0 Å². The zero-order chi connectivity index (χ0) is 18.1. The number of hydrogen-bond acceptors (Lipinski definition) is 3. The third-order valence-corrected chi connectivity index (χ3v) is 4.89. The predicted octanol–water partition coefficient (Wildman–Crippen LogP) is 2.67. The maximum atomic E-state index is 13.9. The quantitative estimate of drug-likeness (QED) is 0.728. The molecule has 2 aromatic heterocycles. The highest BCUT2D eigenvalue weighted by molar-refractivity contribution is 5.79. The van der Waals surface area contributed by atoms with Crippen LogP contribution in [0, 0.1) is 12.7 Å². The van der Waals surface area contributed by atoms with Crippen molar-refractivity contribution in [1.82, 2.24) is 14.3 Å². The van der Waals surface area contributed by atoms with E-state index in [0.29, 0.717) is 38.3 Å². The van der Waals surface area contributed by atoms with Gasteiger partial charge in [0, 0.05) is 38.6 Å². The zero-order valence-corrected chi connectivity index (χ0v) is 14.7. The topological polar surface area (TPSA) is 40.9 Å². The molecule has 5 nitrogen and oxygen atoms in total. The van der Waals surface area contributed by atoms with Crippen molar-refractivity contribution in [3.63, 3.8) is 0 Å². The summed E-state index contributed by atoms with van der Waals surface area (Å²) in [6.45, 7) is 4.48. The van der Waals surface area contributed by atoms with Crippen molar-refractivity contribution in [3.05, 3.63) is 65.9 Å². The average Bonchev–Trinajstić information content (AvgIpc) is 3.06. The molecule has 0 saturated carbocycles. The molecular formula is C20H21FN4O. The number of anilines is 1. The number of hydrogen-bond donors (Lipinski definition) is 0. The first-order valence-electron chi connectivity index (χ1n) is 8.82. The number of carbonyl (C=O) groups is 1. The minimum atomic E-state index is -0.215. The van der Waals surface area contributed by atoms with E-state index < -0.39 is 0 Å². The molecule has 3 aromatic rings. The van der Waals surface area contributed by atoms with Crippen molar-refractivity contribution in [2.75, 3.05) is 31.1 Å². The van der Waals surface area contributed by atoms with Gasteiger partial charge in [-0.15, -0.1) is 0 Å². The molecule has 0 spiro atoms. The molecule has 0 unspecified atom stereocenters. The summed E-state index contributed by atoms with van der Waals surface area (Å²) in [6, 6.07) is 10.8. The van der Waals surface area contributed by atoms with E-state index in [9.17, 15) is 9.18 Å². The monoisotopic (exact) mass is 352 g/mol. The van der Waals surface area contributed by atoms with Crippen LogP contribution in [-0.2, 0) is 11.2 Å². The molecule has 0 atom stereocenters. The van der Waals surface area contributed by atoms with Crippen LogP contribution in [0.2, 0.25) is 0 Å². The minimum absolute atomic E-state index is 0.0687. The summed E-state index contributed by atoms with van der Waals surface area (Å²) in [5.74, 6) is -0.147. The third kappa shape index (κ3) is 3.14. The first-order chi connectivity index (χ1) is 12.6. The van der Waals surface area contributed by atoms with E-state index in [2.05, 4.69) is 4.98 Å². The van der Waals surface area contributed by atoms with Crippen LogP contribution < -0.4 is 4.90 Å². The molecule has 1 aromatic carbocycles. The number of aromatic nitrogens is 2. The Morgan fingerprint density at radius 1 is 1.12 bits per heavy atom. The molecule has 0 N–H and O–H groups in total. The summed E-state index contributed by atoms with van der Waals surface area (Å²) in [4.78, 5) is 21.0. The van der Waals surface area contributed by atoms with Gasteiger partial charge in [-0.2, -0.15) is 0 Å². The number of halogens is 1. The number of imidazole rings is 1. The van der Waals surface area contributed by atoms with Crippen LogP contribution in [-0.4, -0.2) is 46.4 Å². The first kappa shape index (κ1) is 16.6. The maximum absolute atomic E-state index is 13.9. The van der Waals surface area contributed by atoms with Gasteiger partial charge in [0.1, 0.15) is 11.5 Å². The van der Waals surface area contributed by atoms with Crippen molar-refractivity contribution < 1.29 is 9.18 Å². The lowest BCUT2D eigenvalue weighted by Gasteiger charge is -2.36. The smallest absolute Gasteiger partial charge is 0.228 e. The molecule has 0 bridgehead atoms. The van der Waals surface area contributed by atoms with Crippen LogP contribution in [0.4, 0.5) is 10.1 Å². The van der Waals surface area contributed by atoms with Gasteiger partial charge in [-0.05, 0) is 30.7 Å². The second-order valence-corrected chi connectivity index (χ2v) is 6.65. The molecule has 0 aliphatic carbocycles. The standard InChI is InChI=1S/C20H21FN4O/c1-15-5-4-8-25-14-16(22-20(15)25)13-19(26)24-11-9-23(10-12-24)18-7-3-2-6-17(18)21/h2-8,14H,9-13H2,1H3. The molecule has 134 valence electrons. The highest BCUT2D eigenvalue weighted by atomic mass is 19.1. The van der Waals surface area contributed by atoms with Crippen LogP contribution in [0.5, 0.6) is 0 Å². The SMILES string of the molecule is Cc1cccn2cc(CC(=O)N3CCN(c4ccccc4F)CC3)nc12. The normalized spacial score (nSPS) is 14.8. The Bertz CT molecular complexity index is 944. The zero-order valence-electron chi connectivity index (χ0n) is 14.7. The molecule has 1 aliphatic heterocycles. The first-order valence-corrected chi connectivity index (χ1v) is 8.82. The lowest BCUT2D eigenvalue weighted by atomic mass is 10.2. The number of rotatable bonds is 3. The van der Waals surface area contributed by atoms with Crippen molar-refractivity contribution in [2.45, 2.75) is 13.3 Å². The molecule has 4 rings (SSSR count). The number of piperazine rings is 1. The summed E-state index contributed by atoms with van der Waals surface area (Å²) in [6.07, 6.45) is 4.15. The van der Waals surface area contributed by atoms with E-state index in [1.54, 1.807) is 12.1 Å². The lowest BCUT2D eigenvalue weighted by molar-refractivity contribution is -0.130. The number of aryl methyl sites for hydroxylation is 1. The highest BCUT2D eigenvalue weighted by Crippen LogP contribution is 2.20. The number of fused-ring (bicyclic) bond motifs is 1. The largest absolute Gasteiger partial charge is 0.366 e. The van der Waals surface area contributed by atoms with E-state index in [1.165, 1.54) is 6.07 Å². The van der Waals surface area contributed by atoms with E-state index >= 15 is 0 Å². The fraction of sp³-hybridized carbons (Fsp3) is 0.300. The number of pyridine rings is 1. The van der Waals surface area contributed by atoms with Gasteiger partial charge in [0.25, 0.3) is 0 Å². The molecule has 1 saturated heterocycles. The van der Waals surface area contributed by atoms with Crippen molar-refractivity contribution in [2.24, 2.45) is 0 Å². The van der Waals surface area contributed by atoms with Crippen molar-refractivity contribution in [1.29, 1.82) is 0 Å². The fourth-order valence-corrected chi connectivity index (χ4v) is 3.46. The van der Waals surface area contributed by atoms with Gasteiger partial charge in [-0.3, -0.25) is 4.79 Å². The Balaban J connectivity index is 1.40. The lowest BCUT2D eigenvalue weighted by Crippen LogP contribution is -2.49. The second kappa shape index (κ2) is 6.78. The minimum Gasteiger partial charge on any atom is -0.366 e. The van der Waals surface area contributed by atoms with Gasteiger partial charge >= 0.3 is 0 Å². The predicted molar refractivity (Wildman–Crippen MR) is 98.8 cm³/mol. The van der Waals surface area contributed by atoms with Crippen molar-refractivity contribution >= 4 is 17.2 Å². The van der Waals surface area contributed by atoms with Gasteiger partial charge in [-0.1, -0.05) is 18.2 Å². The Morgan fingerprint density at radius 2 is 1.88 bits per heavy atom. The van der Waals surface area contributed by atoms with Gasteiger partial charge < -0.3 is 14.2 Å². The average molecular weight is 352 g/mol. The molecule has 1 amide bonds. The number of para-hydroxylation sites is 1. The Labute approximate surface area is 151 Å². The Hall–Kier alpha value is -2.89. The molecule has 0 radical (unpaired) electrons. The fourth-order valence-electron chi connectivity index (χ4n) is 3.46. The number of amides is 1. The third-order valence-electron chi connectivity index (χ3n) is 4.89. The number of nitrogens with zero attached hydrogens (tertiary/aromatic N) is 4. The van der Waals surface area contributed by atoms with Crippen LogP contribution >= 0.6 is 0 Å². The van der Waals surface area contributed by atoms with Gasteiger partial charge in [-0.25, -0.2) is 9.37 Å². The molecule has 26 heavy (non-hydrogen) atoms. The van der Waals surface area contributed by atoms with Crippen LogP contribution in [0.1, 0.15) is 11.3 Å². The summed E-state index contributed by atoms with van der Waals surface area (Å²) in [7, 11) is 0. The van der Waals surface area contributed by atoms with Gasteiger partial charge in [0.2, 0.25) is 5.91 Å². The van der Waals surface area contributed by atoms with Crippen LogP contribution in [0.3, 0.4) is 0 Å². The number of benzene rings is 1. The van der Waals surface area contributed by atoms with E-state index in [0.717, 1.165) is 16.9 Å². The molecule has 1 fully saturated rings. The Morgan fingerprint density at radius 3 is 2.62 bits per heavy atom. The van der Waals surface area contributed by atoms with Gasteiger partial charge in [0.15, 0.2) is 0 Å². The molecule has 1 aliphatic rings. The van der Waals surface area contributed by atoms with E-state index in [-0.39, 0.29) is 11.7 Å². The van der Waals surface area contributed by atoms with E-state index in [4.69, 9.17) is 0 Å². The summed E-state index contributed by atoms with van der Waals surface area (Å²) in [5.41, 5.74) is 3.36. The summed E-state index contributed by atoms with van der Waals surface area (Å²) in [5, 5.41) is 0.